The summed E-state index contributed by atoms with van der Waals surface area (Å²) in [5.41, 5.74) is 6.61. The van der Waals surface area contributed by atoms with Gasteiger partial charge >= 0.3 is 0 Å². The first-order valence-corrected chi connectivity index (χ1v) is 7.61. The van der Waals surface area contributed by atoms with Crippen molar-refractivity contribution in [1.29, 1.82) is 0 Å². The van der Waals surface area contributed by atoms with Crippen LogP contribution in [0.1, 0.15) is 36.5 Å². The summed E-state index contributed by atoms with van der Waals surface area (Å²) in [4.78, 5) is 18.0. The molecule has 2 heterocycles. The molecule has 0 saturated carbocycles. The summed E-state index contributed by atoms with van der Waals surface area (Å²) < 4.78 is 5.31. The summed E-state index contributed by atoms with van der Waals surface area (Å²) in [6.07, 6.45) is 3.55. The molecular formula is C16H20N4O2. The molecule has 1 aromatic carbocycles. The Labute approximate surface area is 129 Å². The van der Waals surface area contributed by atoms with E-state index in [1.165, 1.54) is 0 Å². The molecule has 3 rings (SSSR count). The predicted molar refractivity (Wildman–Crippen MR) is 80.8 cm³/mol. The summed E-state index contributed by atoms with van der Waals surface area (Å²) in [6, 6.07) is 9.79. The third-order valence-corrected chi connectivity index (χ3v) is 4.00. The van der Waals surface area contributed by atoms with Crippen LogP contribution in [-0.2, 0) is 17.8 Å². The van der Waals surface area contributed by atoms with Crippen LogP contribution in [0.4, 0.5) is 0 Å². The van der Waals surface area contributed by atoms with Crippen LogP contribution in [0.25, 0.3) is 0 Å². The second kappa shape index (κ2) is 6.70. The second-order valence-electron chi connectivity index (χ2n) is 5.65. The molecule has 1 aliphatic heterocycles. The van der Waals surface area contributed by atoms with Gasteiger partial charge in [-0.3, -0.25) is 9.69 Å². The molecule has 1 aliphatic rings. The molecule has 6 nitrogen and oxygen atoms in total. The Morgan fingerprint density at radius 3 is 2.91 bits per heavy atom. The molecule has 1 atom stereocenters. The average molecular weight is 300 g/mol. The second-order valence-corrected chi connectivity index (χ2v) is 5.65. The minimum atomic E-state index is -0.274. The lowest BCUT2D eigenvalue weighted by Gasteiger charge is -2.32. The van der Waals surface area contributed by atoms with Crippen molar-refractivity contribution in [3.63, 3.8) is 0 Å². The van der Waals surface area contributed by atoms with Gasteiger partial charge in [0.1, 0.15) is 0 Å². The first kappa shape index (κ1) is 14.7. The monoisotopic (exact) mass is 300 g/mol. The predicted octanol–water partition coefficient (Wildman–Crippen LogP) is 1.50. The molecular weight excluding hydrogens is 280 g/mol. The Morgan fingerprint density at radius 2 is 2.14 bits per heavy atom. The van der Waals surface area contributed by atoms with Crippen molar-refractivity contribution in [2.45, 2.75) is 38.3 Å². The van der Waals surface area contributed by atoms with Gasteiger partial charge in [-0.25, -0.2) is 0 Å². The number of hydrogen-bond donors (Lipinski definition) is 1. The van der Waals surface area contributed by atoms with Gasteiger partial charge in [0.25, 0.3) is 0 Å². The Morgan fingerprint density at radius 1 is 1.32 bits per heavy atom. The molecule has 1 fully saturated rings. The van der Waals surface area contributed by atoms with E-state index in [1.807, 2.05) is 35.2 Å². The van der Waals surface area contributed by atoms with Crippen molar-refractivity contribution in [2.75, 3.05) is 6.54 Å². The number of rotatable bonds is 5. The SMILES string of the molecule is NC(=O)[C@H]1CCCCN1Cc1nc(Cc2ccccc2)no1. The molecule has 1 aromatic heterocycles. The van der Waals surface area contributed by atoms with Gasteiger partial charge in [-0.2, -0.15) is 4.98 Å². The molecule has 1 amide bonds. The largest absolute Gasteiger partial charge is 0.368 e. The van der Waals surface area contributed by atoms with Gasteiger partial charge in [-0.15, -0.1) is 0 Å². The van der Waals surface area contributed by atoms with E-state index in [9.17, 15) is 4.79 Å². The number of likely N-dealkylation sites (tertiary alicyclic amines) is 1. The van der Waals surface area contributed by atoms with Crippen molar-refractivity contribution < 1.29 is 9.32 Å². The highest BCUT2D eigenvalue weighted by atomic mass is 16.5. The highest BCUT2D eigenvalue weighted by Crippen LogP contribution is 2.19. The number of primary amides is 1. The summed E-state index contributed by atoms with van der Waals surface area (Å²) in [7, 11) is 0. The number of hydrogen-bond acceptors (Lipinski definition) is 5. The van der Waals surface area contributed by atoms with Gasteiger partial charge in [0, 0.05) is 6.42 Å². The van der Waals surface area contributed by atoms with Crippen LogP contribution in [0.5, 0.6) is 0 Å². The maximum absolute atomic E-state index is 11.5. The number of nitrogens with two attached hydrogens (primary N) is 1. The molecule has 22 heavy (non-hydrogen) atoms. The van der Waals surface area contributed by atoms with E-state index in [0.717, 1.165) is 31.4 Å². The number of aromatic nitrogens is 2. The van der Waals surface area contributed by atoms with Crippen LogP contribution in [0.3, 0.4) is 0 Å². The Balaban J connectivity index is 1.65. The summed E-state index contributed by atoms with van der Waals surface area (Å²) in [6.45, 7) is 1.32. The molecule has 2 N–H and O–H groups in total. The molecule has 1 saturated heterocycles. The Hall–Kier alpha value is -2.21. The van der Waals surface area contributed by atoms with E-state index in [2.05, 4.69) is 10.1 Å². The van der Waals surface area contributed by atoms with Gasteiger partial charge in [-0.1, -0.05) is 41.9 Å². The van der Waals surface area contributed by atoms with E-state index >= 15 is 0 Å². The zero-order chi connectivity index (χ0) is 15.4. The number of piperidine rings is 1. The third-order valence-electron chi connectivity index (χ3n) is 4.00. The summed E-state index contributed by atoms with van der Waals surface area (Å²) in [5.74, 6) is 0.927. The first-order valence-electron chi connectivity index (χ1n) is 7.61. The highest BCUT2D eigenvalue weighted by molar-refractivity contribution is 5.79. The normalized spacial score (nSPS) is 19.2. The fourth-order valence-electron chi connectivity index (χ4n) is 2.88. The average Bonchev–Trinajstić information content (AvgIpc) is 2.96. The number of benzene rings is 1. The van der Waals surface area contributed by atoms with Gasteiger partial charge in [0.2, 0.25) is 11.8 Å². The van der Waals surface area contributed by atoms with E-state index in [0.29, 0.717) is 24.7 Å². The van der Waals surface area contributed by atoms with Gasteiger partial charge in [0.05, 0.1) is 12.6 Å². The zero-order valence-corrected chi connectivity index (χ0v) is 12.4. The number of carbonyl (C=O) groups is 1. The molecule has 0 unspecified atom stereocenters. The van der Waals surface area contributed by atoms with Crippen LogP contribution in [0.15, 0.2) is 34.9 Å². The van der Waals surface area contributed by atoms with E-state index in [4.69, 9.17) is 10.3 Å². The van der Waals surface area contributed by atoms with Crippen LogP contribution in [-0.4, -0.2) is 33.5 Å². The first-order chi connectivity index (χ1) is 10.7. The molecule has 116 valence electrons. The molecule has 0 bridgehead atoms. The summed E-state index contributed by atoms with van der Waals surface area (Å²) >= 11 is 0. The fraction of sp³-hybridized carbons (Fsp3) is 0.438. The van der Waals surface area contributed by atoms with E-state index in [1.54, 1.807) is 0 Å². The van der Waals surface area contributed by atoms with E-state index < -0.39 is 0 Å². The van der Waals surface area contributed by atoms with Gasteiger partial charge in [0.15, 0.2) is 5.82 Å². The summed E-state index contributed by atoms with van der Waals surface area (Å²) in [5, 5.41) is 4.02. The van der Waals surface area contributed by atoms with E-state index in [-0.39, 0.29) is 11.9 Å². The van der Waals surface area contributed by atoms with Crippen LogP contribution >= 0.6 is 0 Å². The molecule has 2 aromatic rings. The number of carbonyl (C=O) groups excluding carboxylic acids is 1. The molecule has 0 aliphatic carbocycles. The van der Waals surface area contributed by atoms with Crippen molar-refractivity contribution in [1.82, 2.24) is 15.0 Å². The van der Waals surface area contributed by atoms with Crippen molar-refractivity contribution in [2.24, 2.45) is 5.73 Å². The van der Waals surface area contributed by atoms with Crippen molar-refractivity contribution in [3.8, 4) is 0 Å². The highest BCUT2D eigenvalue weighted by Gasteiger charge is 2.28. The van der Waals surface area contributed by atoms with Crippen LogP contribution in [0.2, 0.25) is 0 Å². The topological polar surface area (TPSA) is 85.3 Å². The van der Waals surface area contributed by atoms with Crippen molar-refractivity contribution >= 4 is 5.91 Å². The third kappa shape index (κ3) is 3.51. The molecule has 0 radical (unpaired) electrons. The minimum Gasteiger partial charge on any atom is -0.368 e. The van der Waals surface area contributed by atoms with Gasteiger partial charge in [-0.05, 0) is 24.9 Å². The smallest absolute Gasteiger partial charge is 0.240 e. The molecule has 6 heteroatoms. The number of amides is 1. The van der Waals surface area contributed by atoms with Crippen LogP contribution < -0.4 is 5.73 Å². The van der Waals surface area contributed by atoms with Gasteiger partial charge < -0.3 is 10.3 Å². The molecule has 0 spiro atoms. The quantitative estimate of drug-likeness (QED) is 0.904. The Bertz CT molecular complexity index is 626. The van der Waals surface area contributed by atoms with Crippen LogP contribution in [0, 0.1) is 0 Å². The lowest BCUT2D eigenvalue weighted by molar-refractivity contribution is -0.124. The number of nitrogens with zero attached hydrogens (tertiary/aromatic N) is 3. The maximum atomic E-state index is 11.5. The standard InChI is InChI=1S/C16H20N4O2/c17-16(21)13-8-4-5-9-20(13)11-15-18-14(19-22-15)10-12-6-2-1-3-7-12/h1-3,6-7,13H,4-5,8-11H2,(H2,17,21)/t13-/m1/s1. The zero-order valence-electron chi connectivity index (χ0n) is 12.4. The lowest BCUT2D eigenvalue weighted by Crippen LogP contribution is -2.47. The minimum absolute atomic E-state index is 0.224. The maximum Gasteiger partial charge on any atom is 0.240 e. The van der Waals surface area contributed by atoms with Crippen molar-refractivity contribution in [3.05, 3.63) is 47.6 Å². The fourth-order valence-corrected chi connectivity index (χ4v) is 2.88. The lowest BCUT2D eigenvalue weighted by atomic mass is 10.0. The Kier molecular flexibility index (Phi) is 4.48.